The van der Waals surface area contributed by atoms with E-state index in [2.05, 4.69) is 10.6 Å². The lowest BCUT2D eigenvalue weighted by atomic mass is 10.2. The SMILES string of the molecule is CC(=O)Nc1ccc(Nc2ccccc2Cl)cc1. The predicted octanol–water partition coefficient (Wildman–Crippen LogP) is 4.04. The first-order valence-corrected chi connectivity index (χ1v) is 5.92. The van der Waals surface area contributed by atoms with Gasteiger partial charge in [-0.15, -0.1) is 0 Å². The molecular formula is C14H13ClN2O. The van der Waals surface area contributed by atoms with E-state index in [1.807, 2.05) is 48.5 Å². The van der Waals surface area contributed by atoms with Crippen molar-refractivity contribution in [3.8, 4) is 0 Å². The van der Waals surface area contributed by atoms with Gasteiger partial charge in [-0.3, -0.25) is 4.79 Å². The second-order valence-corrected chi connectivity index (χ2v) is 4.27. The van der Waals surface area contributed by atoms with Gasteiger partial charge in [-0.1, -0.05) is 23.7 Å². The van der Waals surface area contributed by atoms with E-state index in [4.69, 9.17) is 11.6 Å². The third-order valence-electron chi connectivity index (χ3n) is 2.36. The zero-order valence-electron chi connectivity index (χ0n) is 9.91. The summed E-state index contributed by atoms with van der Waals surface area (Å²) in [4.78, 5) is 10.9. The van der Waals surface area contributed by atoms with Gasteiger partial charge in [-0.2, -0.15) is 0 Å². The van der Waals surface area contributed by atoms with Crippen molar-refractivity contribution in [2.24, 2.45) is 0 Å². The number of hydrogen-bond donors (Lipinski definition) is 2. The Labute approximate surface area is 111 Å². The van der Waals surface area contributed by atoms with Crippen molar-refractivity contribution in [3.05, 3.63) is 53.6 Å². The van der Waals surface area contributed by atoms with Gasteiger partial charge in [0.1, 0.15) is 0 Å². The number of halogens is 1. The van der Waals surface area contributed by atoms with Gasteiger partial charge < -0.3 is 10.6 Å². The molecule has 2 aromatic rings. The van der Waals surface area contributed by atoms with E-state index in [0.717, 1.165) is 17.1 Å². The standard InChI is InChI=1S/C14H13ClN2O/c1-10(18)16-11-6-8-12(9-7-11)17-14-5-3-2-4-13(14)15/h2-9,17H,1H3,(H,16,18). The minimum Gasteiger partial charge on any atom is -0.354 e. The Morgan fingerprint density at radius 2 is 1.61 bits per heavy atom. The zero-order chi connectivity index (χ0) is 13.0. The van der Waals surface area contributed by atoms with Gasteiger partial charge in [0.15, 0.2) is 0 Å². The summed E-state index contributed by atoms with van der Waals surface area (Å²) in [6, 6.07) is 15.0. The van der Waals surface area contributed by atoms with Gasteiger partial charge in [0.25, 0.3) is 0 Å². The van der Waals surface area contributed by atoms with Crippen LogP contribution in [0, 0.1) is 0 Å². The molecule has 0 aliphatic carbocycles. The van der Waals surface area contributed by atoms with Crippen LogP contribution in [0.5, 0.6) is 0 Å². The normalized spacial score (nSPS) is 9.89. The number of carbonyl (C=O) groups is 1. The maximum atomic E-state index is 10.9. The van der Waals surface area contributed by atoms with Gasteiger partial charge in [0, 0.05) is 18.3 Å². The van der Waals surface area contributed by atoms with Crippen LogP contribution in [-0.2, 0) is 4.79 Å². The fourth-order valence-electron chi connectivity index (χ4n) is 1.56. The van der Waals surface area contributed by atoms with Crippen molar-refractivity contribution in [1.29, 1.82) is 0 Å². The van der Waals surface area contributed by atoms with Gasteiger partial charge >= 0.3 is 0 Å². The number of anilines is 3. The van der Waals surface area contributed by atoms with E-state index in [1.54, 1.807) is 0 Å². The summed E-state index contributed by atoms with van der Waals surface area (Å²) < 4.78 is 0. The summed E-state index contributed by atoms with van der Waals surface area (Å²) in [6.07, 6.45) is 0. The average molecular weight is 261 g/mol. The minimum atomic E-state index is -0.0817. The molecular weight excluding hydrogens is 248 g/mol. The first-order valence-electron chi connectivity index (χ1n) is 5.54. The molecule has 92 valence electrons. The van der Waals surface area contributed by atoms with E-state index >= 15 is 0 Å². The Morgan fingerprint density at radius 3 is 2.22 bits per heavy atom. The van der Waals surface area contributed by atoms with Crippen LogP contribution in [0.2, 0.25) is 5.02 Å². The summed E-state index contributed by atoms with van der Waals surface area (Å²) in [6.45, 7) is 1.48. The summed E-state index contributed by atoms with van der Waals surface area (Å²) >= 11 is 6.05. The van der Waals surface area contributed by atoms with E-state index in [1.165, 1.54) is 6.92 Å². The predicted molar refractivity (Wildman–Crippen MR) is 75.5 cm³/mol. The molecule has 4 heteroatoms. The first kappa shape index (κ1) is 12.5. The molecule has 0 bridgehead atoms. The monoisotopic (exact) mass is 260 g/mol. The molecule has 0 unspecified atom stereocenters. The third kappa shape index (κ3) is 3.25. The van der Waals surface area contributed by atoms with Gasteiger partial charge in [-0.25, -0.2) is 0 Å². The van der Waals surface area contributed by atoms with Crippen LogP contribution in [0.15, 0.2) is 48.5 Å². The van der Waals surface area contributed by atoms with Crippen LogP contribution in [-0.4, -0.2) is 5.91 Å². The summed E-state index contributed by atoms with van der Waals surface area (Å²) in [5.74, 6) is -0.0817. The van der Waals surface area contributed by atoms with Crippen molar-refractivity contribution in [1.82, 2.24) is 0 Å². The van der Waals surface area contributed by atoms with Crippen LogP contribution >= 0.6 is 11.6 Å². The molecule has 18 heavy (non-hydrogen) atoms. The molecule has 3 nitrogen and oxygen atoms in total. The Morgan fingerprint density at radius 1 is 1.00 bits per heavy atom. The second-order valence-electron chi connectivity index (χ2n) is 3.86. The highest BCUT2D eigenvalue weighted by atomic mass is 35.5. The average Bonchev–Trinajstić information content (AvgIpc) is 2.34. The smallest absolute Gasteiger partial charge is 0.221 e. The lowest BCUT2D eigenvalue weighted by Crippen LogP contribution is -2.05. The van der Waals surface area contributed by atoms with Crippen LogP contribution in [0.1, 0.15) is 6.92 Å². The van der Waals surface area contributed by atoms with E-state index in [9.17, 15) is 4.79 Å². The lowest BCUT2D eigenvalue weighted by Gasteiger charge is -2.09. The molecule has 2 rings (SSSR count). The molecule has 0 atom stereocenters. The molecule has 0 saturated carbocycles. The highest BCUT2D eigenvalue weighted by molar-refractivity contribution is 6.33. The van der Waals surface area contributed by atoms with E-state index in [0.29, 0.717) is 5.02 Å². The molecule has 0 heterocycles. The molecule has 0 aromatic heterocycles. The molecule has 2 aromatic carbocycles. The molecule has 0 radical (unpaired) electrons. The molecule has 0 spiro atoms. The number of rotatable bonds is 3. The van der Waals surface area contributed by atoms with Crippen molar-refractivity contribution < 1.29 is 4.79 Å². The quantitative estimate of drug-likeness (QED) is 0.874. The number of benzene rings is 2. The first-order chi connectivity index (χ1) is 8.65. The van der Waals surface area contributed by atoms with Gasteiger partial charge in [0.05, 0.1) is 10.7 Å². The highest BCUT2D eigenvalue weighted by Crippen LogP contribution is 2.25. The number of carbonyl (C=O) groups excluding carboxylic acids is 1. The van der Waals surface area contributed by atoms with Crippen molar-refractivity contribution >= 4 is 34.6 Å². The van der Waals surface area contributed by atoms with Crippen molar-refractivity contribution in [2.45, 2.75) is 6.92 Å². The number of nitrogens with one attached hydrogen (secondary N) is 2. The summed E-state index contributed by atoms with van der Waals surface area (Å²) in [7, 11) is 0. The van der Waals surface area contributed by atoms with E-state index in [-0.39, 0.29) is 5.91 Å². The fourth-order valence-corrected chi connectivity index (χ4v) is 1.74. The van der Waals surface area contributed by atoms with Crippen LogP contribution in [0.4, 0.5) is 17.1 Å². The molecule has 0 fully saturated rings. The topological polar surface area (TPSA) is 41.1 Å². The molecule has 1 amide bonds. The van der Waals surface area contributed by atoms with E-state index < -0.39 is 0 Å². The van der Waals surface area contributed by atoms with Crippen LogP contribution < -0.4 is 10.6 Å². The summed E-state index contributed by atoms with van der Waals surface area (Å²) in [5, 5.41) is 6.59. The summed E-state index contributed by atoms with van der Waals surface area (Å²) in [5.41, 5.74) is 2.54. The van der Waals surface area contributed by atoms with Gasteiger partial charge in [-0.05, 0) is 36.4 Å². The third-order valence-corrected chi connectivity index (χ3v) is 2.69. The number of hydrogen-bond acceptors (Lipinski definition) is 2. The Kier molecular flexibility index (Phi) is 3.85. The zero-order valence-corrected chi connectivity index (χ0v) is 10.7. The minimum absolute atomic E-state index is 0.0817. The maximum Gasteiger partial charge on any atom is 0.221 e. The molecule has 0 aliphatic rings. The second kappa shape index (κ2) is 5.56. The molecule has 0 aliphatic heterocycles. The number of para-hydroxylation sites is 1. The van der Waals surface area contributed by atoms with Gasteiger partial charge in [0.2, 0.25) is 5.91 Å². The van der Waals surface area contributed by atoms with Crippen molar-refractivity contribution in [3.63, 3.8) is 0 Å². The Hall–Kier alpha value is -2.00. The fraction of sp³-hybridized carbons (Fsp3) is 0.0714. The largest absolute Gasteiger partial charge is 0.354 e. The number of amides is 1. The van der Waals surface area contributed by atoms with Crippen molar-refractivity contribution in [2.75, 3.05) is 10.6 Å². The Bertz CT molecular complexity index is 552. The Balaban J connectivity index is 2.11. The lowest BCUT2D eigenvalue weighted by molar-refractivity contribution is -0.114. The van der Waals surface area contributed by atoms with Crippen LogP contribution in [0.25, 0.3) is 0 Å². The maximum absolute atomic E-state index is 10.9. The highest BCUT2D eigenvalue weighted by Gasteiger charge is 2.00. The van der Waals surface area contributed by atoms with Crippen LogP contribution in [0.3, 0.4) is 0 Å². The molecule has 0 saturated heterocycles. The molecule has 2 N–H and O–H groups in total.